The molecule has 1 amide bonds. The molecule has 0 aliphatic carbocycles. The van der Waals surface area contributed by atoms with E-state index < -0.39 is 0 Å². The van der Waals surface area contributed by atoms with Crippen LogP contribution in [-0.2, 0) is 4.79 Å². The summed E-state index contributed by atoms with van der Waals surface area (Å²) >= 11 is 3.47. The SMILES string of the molecule is Cc1cc(N)c(N2CC(Br)CC2=O)cc1C. The molecule has 86 valence electrons. The summed E-state index contributed by atoms with van der Waals surface area (Å²) in [4.78, 5) is 13.8. The smallest absolute Gasteiger partial charge is 0.228 e. The number of benzene rings is 1. The fourth-order valence-electron chi connectivity index (χ4n) is 1.95. The Kier molecular flexibility index (Phi) is 2.93. The van der Waals surface area contributed by atoms with E-state index in [1.165, 1.54) is 0 Å². The highest BCUT2D eigenvalue weighted by molar-refractivity contribution is 9.09. The summed E-state index contributed by atoms with van der Waals surface area (Å²) in [5, 5.41) is 0. The molecular weight excluding hydrogens is 268 g/mol. The summed E-state index contributed by atoms with van der Waals surface area (Å²) in [6.07, 6.45) is 0.548. The Morgan fingerprint density at radius 3 is 2.56 bits per heavy atom. The molecule has 2 N–H and O–H groups in total. The minimum absolute atomic E-state index is 0.136. The molecule has 1 heterocycles. The molecule has 1 atom stereocenters. The van der Waals surface area contributed by atoms with E-state index in [1.807, 2.05) is 26.0 Å². The lowest BCUT2D eigenvalue weighted by atomic mass is 10.1. The highest BCUT2D eigenvalue weighted by Crippen LogP contribution is 2.31. The van der Waals surface area contributed by atoms with Crippen molar-refractivity contribution in [1.82, 2.24) is 0 Å². The lowest BCUT2D eigenvalue weighted by molar-refractivity contribution is -0.117. The van der Waals surface area contributed by atoms with Crippen molar-refractivity contribution in [1.29, 1.82) is 0 Å². The first-order valence-corrected chi connectivity index (χ1v) is 6.21. The van der Waals surface area contributed by atoms with Gasteiger partial charge in [0.2, 0.25) is 5.91 Å². The number of aryl methyl sites for hydroxylation is 2. The number of carbonyl (C=O) groups excluding carboxylic acids is 1. The number of nitrogens with two attached hydrogens (primary N) is 1. The summed E-state index contributed by atoms with van der Waals surface area (Å²) in [5.74, 6) is 0.136. The van der Waals surface area contributed by atoms with Crippen molar-refractivity contribution in [3.63, 3.8) is 0 Å². The van der Waals surface area contributed by atoms with Gasteiger partial charge >= 0.3 is 0 Å². The van der Waals surface area contributed by atoms with Gasteiger partial charge in [-0.1, -0.05) is 15.9 Å². The molecule has 0 spiro atoms. The van der Waals surface area contributed by atoms with Gasteiger partial charge in [0, 0.05) is 17.8 Å². The molecular formula is C12H15BrN2O. The van der Waals surface area contributed by atoms with Crippen LogP contribution < -0.4 is 10.6 Å². The van der Waals surface area contributed by atoms with Gasteiger partial charge in [-0.15, -0.1) is 0 Å². The third-order valence-electron chi connectivity index (χ3n) is 3.01. The zero-order valence-electron chi connectivity index (χ0n) is 9.46. The van der Waals surface area contributed by atoms with E-state index in [9.17, 15) is 4.79 Å². The van der Waals surface area contributed by atoms with Crippen LogP contribution in [0.4, 0.5) is 11.4 Å². The normalized spacial score (nSPS) is 20.6. The van der Waals surface area contributed by atoms with E-state index in [-0.39, 0.29) is 10.7 Å². The van der Waals surface area contributed by atoms with Gasteiger partial charge in [-0.25, -0.2) is 0 Å². The van der Waals surface area contributed by atoms with Crippen LogP contribution >= 0.6 is 15.9 Å². The number of carbonyl (C=O) groups is 1. The van der Waals surface area contributed by atoms with Crippen LogP contribution in [0.25, 0.3) is 0 Å². The number of hydrogen-bond acceptors (Lipinski definition) is 2. The Morgan fingerprint density at radius 1 is 1.38 bits per heavy atom. The molecule has 0 aromatic heterocycles. The molecule has 1 aromatic carbocycles. The zero-order chi connectivity index (χ0) is 11.9. The van der Waals surface area contributed by atoms with Crippen molar-refractivity contribution in [2.24, 2.45) is 0 Å². The van der Waals surface area contributed by atoms with Crippen molar-refractivity contribution in [2.45, 2.75) is 25.1 Å². The Labute approximate surface area is 104 Å². The predicted molar refractivity (Wildman–Crippen MR) is 70.0 cm³/mol. The fraction of sp³-hybridized carbons (Fsp3) is 0.417. The lowest BCUT2D eigenvalue weighted by Gasteiger charge is -2.19. The number of nitrogens with zero attached hydrogens (tertiary/aromatic N) is 1. The predicted octanol–water partition coefficient (Wildman–Crippen LogP) is 2.39. The maximum Gasteiger partial charge on any atom is 0.228 e. The van der Waals surface area contributed by atoms with Gasteiger partial charge in [0.25, 0.3) is 0 Å². The standard InChI is InChI=1S/C12H15BrN2O/c1-7-3-10(14)11(4-8(7)2)15-6-9(13)5-12(15)16/h3-4,9H,5-6,14H2,1-2H3. The molecule has 2 rings (SSSR count). The monoisotopic (exact) mass is 282 g/mol. The van der Waals surface area contributed by atoms with E-state index in [0.717, 1.165) is 16.8 Å². The van der Waals surface area contributed by atoms with Crippen LogP contribution in [0.3, 0.4) is 0 Å². The zero-order valence-corrected chi connectivity index (χ0v) is 11.0. The molecule has 4 heteroatoms. The van der Waals surface area contributed by atoms with Gasteiger partial charge in [0.05, 0.1) is 11.4 Å². The first-order chi connectivity index (χ1) is 7.49. The summed E-state index contributed by atoms with van der Waals surface area (Å²) in [5.41, 5.74) is 9.81. The Morgan fingerprint density at radius 2 is 2.00 bits per heavy atom. The maximum absolute atomic E-state index is 11.8. The van der Waals surface area contributed by atoms with E-state index in [1.54, 1.807) is 4.90 Å². The van der Waals surface area contributed by atoms with Crippen molar-refractivity contribution in [3.05, 3.63) is 23.3 Å². The molecule has 1 saturated heterocycles. The molecule has 0 saturated carbocycles. The topological polar surface area (TPSA) is 46.3 Å². The summed E-state index contributed by atoms with van der Waals surface area (Å²) < 4.78 is 0. The average molecular weight is 283 g/mol. The highest BCUT2D eigenvalue weighted by Gasteiger charge is 2.29. The molecule has 0 bridgehead atoms. The summed E-state index contributed by atoms with van der Waals surface area (Å²) in [6, 6.07) is 3.92. The van der Waals surface area contributed by atoms with Crippen LogP contribution in [0.5, 0.6) is 0 Å². The number of hydrogen-bond donors (Lipinski definition) is 1. The van der Waals surface area contributed by atoms with Crippen LogP contribution in [0.15, 0.2) is 12.1 Å². The largest absolute Gasteiger partial charge is 0.397 e. The Balaban J connectivity index is 2.41. The number of nitrogen functional groups attached to an aromatic ring is 1. The van der Waals surface area contributed by atoms with E-state index >= 15 is 0 Å². The third kappa shape index (κ3) is 1.94. The summed E-state index contributed by atoms with van der Waals surface area (Å²) in [6.45, 7) is 4.75. The van der Waals surface area contributed by atoms with Gasteiger partial charge in [-0.2, -0.15) is 0 Å². The molecule has 16 heavy (non-hydrogen) atoms. The molecule has 1 fully saturated rings. The van der Waals surface area contributed by atoms with Crippen molar-refractivity contribution in [3.8, 4) is 0 Å². The van der Waals surface area contributed by atoms with Gasteiger partial charge in [-0.3, -0.25) is 4.79 Å². The number of amides is 1. The van der Waals surface area contributed by atoms with Crippen LogP contribution in [0.1, 0.15) is 17.5 Å². The first-order valence-electron chi connectivity index (χ1n) is 5.30. The van der Waals surface area contributed by atoms with Gasteiger partial charge in [0.15, 0.2) is 0 Å². The fourth-order valence-corrected chi connectivity index (χ4v) is 2.52. The summed E-state index contributed by atoms with van der Waals surface area (Å²) in [7, 11) is 0. The first kappa shape index (κ1) is 11.5. The molecule has 1 aliphatic heterocycles. The van der Waals surface area contributed by atoms with Crippen LogP contribution in [-0.4, -0.2) is 17.3 Å². The molecule has 0 radical (unpaired) electrons. The van der Waals surface area contributed by atoms with E-state index in [0.29, 0.717) is 18.7 Å². The minimum atomic E-state index is 0.136. The van der Waals surface area contributed by atoms with Gasteiger partial charge in [0.1, 0.15) is 0 Å². The molecule has 1 aliphatic rings. The third-order valence-corrected chi connectivity index (χ3v) is 3.62. The molecule has 1 aromatic rings. The number of alkyl halides is 1. The lowest BCUT2D eigenvalue weighted by Crippen LogP contribution is -2.25. The quantitative estimate of drug-likeness (QED) is 0.635. The Hall–Kier alpha value is -1.03. The van der Waals surface area contributed by atoms with E-state index in [2.05, 4.69) is 15.9 Å². The Bertz CT molecular complexity index is 445. The highest BCUT2D eigenvalue weighted by atomic mass is 79.9. The van der Waals surface area contributed by atoms with Crippen LogP contribution in [0, 0.1) is 13.8 Å². The van der Waals surface area contributed by atoms with E-state index in [4.69, 9.17) is 5.73 Å². The van der Waals surface area contributed by atoms with Crippen molar-refractivity contribution >= 4 is 33.2 Å². The van der Waals surface area contributed by atoms with Crippen molar-refractivity contribution < 1.29 is 4.79 Å². The number of rotatable bonds is 1. The number of anilines is 2. The maximum atomic E-state index is 11.8. The van der Waals surface area contributed by atoms with Crippen molar-refractivity contribution in [2.75, 3.05) is 17.2 Å². The molecule has 1 unspecified atom stereocenters. The number of halogens is 1. The van der Waals surface area contributed by atoms with Gasteiger partial charge in [-0.05, 0) is 37.1 Å². The second-order valence-electron chi connectivity index (χ2n) is 4.30. The second kappa shape index (κ2) is 4.09. The minimum Gasteiger partial charge on any atom is -0.397 e. The molecule has 3 nitrogen and oxygen atoms in total. The second-order valence-corrected chi connectivity index (χ2v) is 5.60. The van der Waals surface area contributed by atoms with Gasteiger partial charge < -0.3 is 10.6 Å². The average Bonchev–Trinajstić information content (AvgIpc) is 2.51. The van der Waals surface area contributed by atoms with Crippen LogP contribution in [0.2, 0.25) is 0 Å².